The Morgan fingerprint density at radius 2 is 1.91 bits per heavy atom. The molecular weight excluding hydrogens is 395 g/mol. The van der Waals surface area contributed by atoms with Crippen LogP contribution in [0.3, 0.4) is 0 Å². The number of amides is 2. The third-order valence-electron chi connectivity index (χ3n) is 2.85. The molecule has 0 fully saturated rings. The van der Waals surface area contributed by atoms with E-state index in [1.807, 2.05) is 0 Å². The van der Waals surface area contributed by atoms with E-state index < -0.39 is 11.8 Å². The molecule has 0 saturated carbocycles. The molecule has 1 aromatic carbocycles. The summed E-state index contributed by atoms with van der Waals surface area (Å²) in [5.74, 6) is -0.860. The van der Waals surface area contributed by atoms with Crippen LogP contribution in [-0.2, 0) is 7.05 Å². The minimum Gasteiger partial charge on any atom is -0.355 e. The second kappa shape index (κ2) is 6.68. The van der Waals surface area contributed by atoms with Crippen molar-refractivity contribution in [2.45, 2.75) is 0 Å². The van der Waals surface area contributed by atoms with Crippen LogP contribution in [-0.4, -0.2) is 28.6 Å². The molecule has 0 aliphatic carbocycles. The average Bonchev–Trinajstić information content (AvgIpc) is 2.79. The van der Waals surface area contributed by atoms with Crippen molar-refractivity contribution in [2.24, 2.45) is 7.05 Å². The molecule has 0 saturated heterocycles. The van der Waals surface area contributed by atoms with Crippen LogP contribution in [0.15, 0.2) is 22.8 Å². The summed E-state index contributed by atoms with van der Waals surface area (Å²) in [7, 11) is 3.10. The van der Waals surface area contributed by atoms with Crippen molar-refractivity contribution in [3.8, 4) is 0 Å². The number of hydrogen-bond acceptors (Lipinski definition) is 3. The van der Waals surface area contributed by atoms with Gasteiger partial charge in [0.05, 0.1) is 16.3 Å². The summed E-state index contributed by atoms with van der Waals surface area (Å²) in [5.41, 5.74) is 0.670. The highest BCUT2D eigenvalue weighted by Crippen LogP contribution is 2.30. The van der Waals surface area contributed by atoms with Crippen LogP contribution >= 0.6 is 39.1 Å². The highest BCUT2D eigenvalue weighted by Gasteiger charge is 2.19. The maximum absolute atomic E-state index is 12.3. The molecule has 0 atom stereocenters. The van der Waals surface area contributed by atoms with Gasteiger partial charge in [0.25, 0.3) is 11.8 Å². The first-order chi connectivity index (χ1) is 10.3. The molecule has 1 aromatic heterocycles. The molecule has 2 aromatic rings. The van der Waals surface area contributed by atoms with Crippen LogP contribution in [0.2, 0.25) is 10.0 Å². The average molecular weight is 406 g/mol. The molecule has 22 heavy (non-hydrogen) atoms. The summed E-state index contributed by atoms with van der Waals surface area (Å²) >= 11 is 15.2. The maximum Gasteiger partial charge on any atom is 0.274 e. The van der Waals surface area contributed by atoms with Gasteiger partial charge in [0, 0.05) is 25.2 Å². The summed E-state index contributed by atoms with van der Waals surface area (Å²) in [6, 6.07) is 4.43. The Balaban J connectivity index is 2.42. The van der Waals surface area contributed by atoms with Crippen molar-refractivity contribution in [2.75, 3.05) is 12.4 Å². The molecule has 116 valence electrons. The zero-order chi connectivity index (χ0) is 16.4. The van der Waals surface area contributed by atoms with E-state index >= 15 is 0 Å². The van der Waals surface area contributed by atoms with E-state index in [4.69, 9.17) is 23.2 Å². The van der Waals surface area contributed by atoms with Gasteiger partial charge in [-0.2, -0.15) is 5.10 Å². The lowest BCUT2D eigenvalue weighted by Gasteiger charge is -2.12. The van der Waals surface area contributed by atoms with Gasteiger partial charge >= 0.3 is 0 Å². The van der Waals surface area contributed by atoms with Crippen LogP contribution < -0.4 is 10.6 Å². The fourth-order valence-corrected chi connectivity index (χ4v) is 2.83. The molecule has 0 aliphatic rings. The summed E-state index contributed by atoms with van der Waals surface area (Å²) in [4.78, 5) is 24.3. The van der Waals surface area contributed by atoms with E-state index in [1.165, 1.54) is 23.9 Å². The molecule has 0 spiro atoms. The molecule has 2 rings (SSSR count). The lowest BCUT2D eigenvalue weighted by atomic mass is 10.1. The summed E-state index contributed by atoms with van der Waals surface area (Å²) in [5, 5.41) is 9.58. The Morgan fingerprint density at radius 1 is 1.23 bits per heavy atom. The first kappa shape index (κ1) is 16.8. The standard InChI is InChI=1S/C13H11BrCl2N4O2/c1-17-12(21)7-3-6(15)4-8(16)11(7)18-13(22)9-5-10(14)19-20(9)2/h3-5H,1-2H3,(H,17,21)(H,18,22). The molecule has 1 heterocycles. The van der Waals surface area contributed by atoms with Gasteiger partial charge in [-0.05, 0) is 28.1 Å². The Kier molecular flexibility index (Phi) is 5.10. The number of halogens is 3. The quantitative estimate of drug-likeness (QED) is 0.823. The van der Waals surface area contributed by atoms with Gasteiger partial charge in [-0.15, -0.1) is 0 Å². The number of nitrogens with one attached hydrogen (secondary N) is 2. The first-order valence-electron chi connectivity index (χ1n) is 6.05. The summed E-state index contributed by atoms with van der Waals surface area (Å²) in [6.45, 7) is 0. The fourth-order valence-electron chi connectivity index (χ4n) is 1.84. The molecule has 0 bridgehead atoms. The molecule has 2 amide bonds. The minimum absolute atomic E-state index is 0.167. The summed E-state index contributed by atoms with van der Waals surface area (Å²) < 4.78 is 1.93. The number of rotatable bonds is 3. The van der Waals surface area contributed by atoms with Crippen molar-refractivity contribution in [1.82, 2.24) is 15.1 Å². The van der Waals surface area contributed by atoms with Crippen molar-refractivity contribution in [3.63, 3.8) is 0 Å². The smallest absolute Gasteiger partial charge is 0.274 e. The molecule has 6 nitrogen and oxygen atoms in total. The van der Waals surface area contributed by atoms with E-state index in [2.05, 4.69) is 31.7 Å². The van der Waals surface area contributed by atoms with Crippen molar-refractivity contribution in [1.29, 1.82) is 0 Å². The van der Waals surface area contributed by atoms with E-state index in [9.17, 15) is 9.59 Å². The number of hydrogen-bond donors (Lipinski definition) is 2. The van der Waals surface area contributed by atoms with Gasteiger partial charge < -0.3 is 10.6 Å². The second-order valence-electron chi connectivity index (χ2n) is 4.32. The van der Waals surface area contributed by atoms with Crippen molar-refractivity contribution in [3.05, 3.63) is 44.1 Å². The third kappa shape index (κ3) is 3.43. The van der Waals surface area contributed by atoms with Crippen molar-refractivity contribution < 1.29 is 9.59 Å². The Labute approximate surface area is 144 Å². The topological polar surface area (TPSA) is 76.0 Å². The summed E-state index contributed by atoms with van der Waals surface area (Å²) in [6.07, 6.45) is 0. The second-order valence-corrected chi connectivity index (χ2v) is 5.98. The SMILES string of the molecule is CNC(=O)c1cc(Cl)cc(Cl)c1NC(=O)c1cc(Br)nn1C. The first-order valence-corrected chi connectivity index (χ1v) is 7.60. The van der Waals surface area contributed by atoms with E-state index in [1.54, 1.807) is 13.1 Å². The third-order valence-corrected chi connectivity index (χ3v) is 3.75. The zero-order valence-corrected chi connectivity index (χ0v) is 14.7. The largest absolute Gasteiger partial charge is 0.355 e. The number of benzene rings is 1. The predicted molar refractivity (Wildman–Crippen MR) is 88.7 cm³/mol. The molecular formula is C13H11BrCl2N4O2. The molecule has 0 unspecified atom stereocenters. The van der Waals surface area contributed by atoms with E-state index in [0.717, 1.165) is 0 Å². The Morgan fingerprint density at radius 3 is 2.45 bits per heavy atom. The van der Waals surface area contributed by atoms with E-state index in [0.29, 0.717) is 15.3 Å². The fraction of sp³-hybridized carbons (Fsp3) is 0.154. The number of nitrogens with zero attached hydrogens (tertiary/aromatic N) is 2. The van der Waals surface area contributed by atoms with E-state index in [-0.39, 0.29) is 16.3 Å². The van der Waals surface area contributed by atoms with Gasteiger partial charge in [0.2, 0.25) is 0 Å². The number of carbonyl (C=O) groups excluding carboxylic acids is 2. The zero-order valence-electron chi connectivity index (χ0n) is 11.6. The lowest BCUT2D eigenvalue weighted by Crippen LogP contribution is -2.23. The van der Waals surface area contributed by atoms with Crippen molar-refractivity contribution >= 4 is 56.6 Å². The molecule has 2 N–H and O–H groups in total. The van der Waals surface area contributed by atoms with Gasteiger partial charge in [-0.3, -0.25) is 14.3 Å². The maximum atomic E-state index is 12.3. The van der Waals surface area contributed by atoms with Gasteiger partial charge in [0.1, 0.15) is 10.3 Å². The molecule has 0 aliphatic heterocycles. The number of aromatic nitrogens is 2. The van der Waals surface area contributed by atoms with Crippen LogP contribution in [0.25, 0.3) is 0 Å². The Hall–Kier alpha value is -1.57. The predicted octanol–water partition coefficient (Wildman–Crippen LogP) is 3.10. The van der Waals surface area contributed by atoms with Crippen LogP contribution in [0, 0.1) is 0 Å². The van der Waals surface area contributed by atoms with Gasteiger partial charge in [0.15, 0.2) is 0 Å². The number of carbonyl (C=O) groups is 2. The highest BCUT2D eigenvalue weighted by molar-refractivity contribution is 9.10. The molecule has 0 radical (unpaired) electrons. The number of anilines is 1. The highest BCUT2D eigenvalue weighted by atomic mass is 79.9. The normalized spacial score (nSPS) is 10.4. The van der Waals surface area contributed by atoms with Crippen LogP contribution in [0.4, 0.5) is 5.69 Å². The Bertz CT molecular complexity index is 761. The number of aryl methyl sites for hydroxylation is 1. The van der Waals surface area contributed by atoms with Gasteiger partial charge in [-0.25, -0.2) is 0 Å². The van der Waals surface area contributed by atoms with Crippen LogP contribution in [0.1, 0.15) is 20.8 Å². The lowest BCUT2D eigenvalue weighted by molar-refractivity contribution is 0.0964. The van der Waals surface area contributed by atoms with Crippen LogP contribution in [0.5, 0.6) is 0 Å². The van der Waals surface area contributed by atoms with Gasteiger partial charge in [-0.1, -0.05) is 23.2 Å². The minimum atomic E-state index is -0.449. The monoisotopic (exact) mass is 404 g/mol. The molecule has 9 heteroatoms.